The number of rotatable bonds is 2. The molecule has 3 aliphatic rings. The summed E-state index contributed by atoms with van der Waals surface area (Å²) in [6.45, 7) is 12.0. The molecule has 5 atom stereocenters. The van der Waals surface area contributed by atoms with Crippen LogP contribution < -0.4 is 0 Å². The third-order valence-electron chi connectivity index (χ3n) is 6.55. The number of ketones is 1. The van der Waals surface area contributed by atoms with Crippen LogP contribution in [0.4, 0.5) is 0 Å². The smallest absolute Gasteiger partial charge is 0.341 e. The first-order valence-electron chi connectivity index (χ1n) is 8.90. The summed E-state index contributed by atoms with van der Waals surface area (Å²) < 4.78 is 11.2. The van der Waals surface area contributed by atoms with Crippen LogP contribution in [0.25, 0.3) is 0 Å². The molecular formula is C20H28O4. The molecule has 0 spiro atoms. The van der Waals surface area contributed by atoms with Crippen molar-refractivity contribution in [2.45, 2.75) is 78.6 Å². The van der Waals surface area contributed by atoms with Crippen LogP contribution in [0.5, 0.6) is 0 Å². The number of hydrogen-bond acceptors (Lipinski definition) is 4. The number of allylic oxidation sites excluding steroid dienone is 4. The Hall–Kier alpha value is -1.42. The third kappa shape index (κ3) is 2.55. The molecule has 1 heterocycles. The Morgan fingerprint density at radius 1 is 1.29 bits per heavy atom. The second kappa shape index (κ2) is 5.55. The predicted molar refractivity (Wildman–Crippen MR) is 91.4 cm³/mol. The number of carbonyl (C=O) groups is 2. The fraction of sp³-hybridized carbons (Fsp3) is 0.700. The molecule has 0 aromatic carbocycles. The van der Waals surface area contributed by atoms with Gasteiger partial charge in [0.15, 0.2) is 11.4 Å². The second-order valence-electron chi connectivity index (χ2n) is 8.24. The first-order valence-corrected chi connectivity index (χ1v) is 8.90. The topological polar surface area (TPSA) is 55.9 Å². The van der Waals surface area contributed by atoms with Gasteiger partial charge in [0.1, 0.15) is 6.10 Å². The zero-order valence-electron chi connectivity index (χ0n) is 15.6. The molecule has 1 saturated carbocycles. The van der Waals surface area contributed by atoms with Crippen molar-refractivity contribution < 1.29 is 19.1 Å². The number of ether oxygens (including phenoxy) is 2. The van der Waals surface area contributed by atoms with Crippen LogP contribution in [0, 0.1) is 11.3 Å². The Labute approximate surface area is 144 Å². The van der Waals surface area contributed by atoms with Crippen molar-refractivity contribution in [2.75, 3.05) is 0 Å². The number of epoxide rings is 1. The van der Waals surface area contributed by atoms with E-state index >= 15 is 0 Å². The quantitative estimate of drug-likeness (QED) is 0.439. The van der Waals surface area contributed by atoms with Crippen LogP contribution in [0.1, 0.15) is 60.8 Å². The summed E-state index contributed by atoms with van der Waals surface area (Å²) in [5.74, 6) is 0.0663. The lowest BCUT2D eigenvalue weighted by molar-refractivity contribution is -0.161. The van der Waals surface area contributed by atoms with E-state index in [-0.39, 0.29) is 35.3 Å². The summed E-state index contributed by atoms with van der Waals surface area (Å²) >= 11 is 0. The summed E-state index contributed by atoms with van der Waals surface area (Å²) in [6.07, 6.45) is 3.95. The SMILES string of the molecule is CC(C)=C1CC2(C)C(=CC1=O)CCC(OC(=O)C1(C)OC1C)C2C. The molecule has 0 radical (unpaired) electrons. The van der Waals surface area contributed by atoms with Crippen molar-refractivity contribution in [2.24, 2.45) is 11.3 Å². The predicted octanol–water partition coefficient (Wildman–Crippen LogP) is 3.75. The van der Waals surface area contributed by atoms with E-state index in [0.29, 0.717) is 0 Å². The van der Waals surface area contributed by atoms with Crippen molar-refractivity contribution in [3.63, 3.8) is 0 Å². The summed E-state index contributed by atoms with van der Waals surface area (Å²) in [5, 5.41) is 0. The highest BCUT2D eigenvalue weighted by Gasteiger charge is 2.58. The summed E-state index contributed by atoms with van der Waals surface area (Å²) in [7, 11) is 0. The van der Waals surface area contributed by atoms with E-state index in [1.165, 1.54) is 5.57 Å². The average Bonchev–Trinajstić information content (AvgIpc) is 3.12. The minimum atomic E-state index is -0.773. The van der Waals surface area contributed by atoms with E-state index in [0.717, 1.165) is 30.4 Å². The van der Waals surface area contributed by atoms with Crippen molar-refractivity contribution in [3.05, 3.63) is 22.8 Å². The summed E-state index contributed by atoms with van der Waals surface area (Å²) in [6, 6.07) is 0. The van der Waals surface area contributed by atoms with Gasteiger partial charge in [0, 0.05) is 5.92 Å². The Morgan fingerprint density at radius 3 is 2.46 bits per heavy atom. The molecular weight excluding hydrogens is 304 g/mol. The largest absolute Gasteiger partial charge is 0.460 e. The Morgan fingerprint density at radius 2 is 1.92 bits per heavy atom. The van der Waals surface area contributed by atoms with Gasteiger partial charge in [0.25, 0.3) is 0 Å². The molecule has 24 heavy (non-hydrogen) atoms. The van der Waals surface area contributed by atoms with Crippen LogP contribution in [0.2, 0.25) is 0 Å². The Balaban J connectivity index is 1.82. The van der Waals surface area contributed by atoms with Gasteiger partial charge >= 0.3 is 5.97 Å². The normalized spacial score (nSPS) is 41.4. The van der Waals surface area contributed by atoms with E-state index in [1.54, 1.807) is 6.92 Å². The first kappa shape index (κ1) is 17.4. The molecule has 4 heteroatoms. The molecule has 4 nitrogen and oxygen atoms in total. The molecule has 5 unspecified atom stereocenters. The van der Waals surface area contributed by atoms with E-state index in [9.17, 15) is 9.59 Å². The molecule has 3 rings (SSSR count). The second-order valence-corrected chi connectivity index (χ2v) is 8.24. The Kier molecular flexibility index (Phi) is 4.03. The van der Waals surface area contributed by atoms with E-state index in [4.69, 9.17) is 9.47 Å². The van der Waals surface area contributed by atoms with Gasteiger partial charge in [-0.2, -0.15) is 0 Å². The molecule has 2 aliphatic carbocycles. The maximum Gasteiger partial charge on any atom is 0.341 e. The highest BCUT2D eigenvalue weighted by molar-refractivity contribution is 6.06. The van der Waals surface area contributed by atoms with Crippen LogP contribution in [-0.4, -0.2) is 29.6 Å². The van der Waals surface area contributed by atoms with Crippen LogP contribution in [0.15, 0.2) is 22.8 Å². The van der Waals surface area contributed by atoms with Gasteiger partial charge < -0.3 is 9.47 Å². The minimum Gasteiger partial charge on any atom is -0.460 e. The zero-order chi connectivity index (χ0) is 17.9. The highest BCUT2D eigenvalue weighted by atomic mass is 16.7. The van der Waals surface area contributed by atoms with Crippen molar-refractivity contribution in [3.8, 4) is 0 Å². The van der Waals surface area contributed by atoms with E-state index in [1.807, 2.05) is 26.8 Å². The van der Waals surface area contributed by atoms with Gasteiger partial charge in [-0.1, -0.05) is 25.0 Å². The number of fused-ring (bicyclic) bond motifs is 1. The molecule has 1 aliphatic heterocycles. The molecule has 1 saturated heterocycles. The lowest BCUT2D eigenvalue weighted by Crippen LogP contribution is -2.46. The number of carbonyl (C=O) groups excluding carboxylic acids is 2. The highest BCUT2D eigenvalue weighted by Crippen LogP contribution is 2.52. The lowest BCUT2D eigenvalue weighted by atomic mass is 9.58. The number of esters is 1. The molecule has 132 valence electrons. The summed E-state index contributed by atoms with van der Waals surface area (Å²) in [5.41, 5.74) is 2.30. The van der Waals surface area contributed by atoms with Gasteiger partial charge in [0.05, 0.1) is 6.10 Å². The van der Waals surface area contributed by atoms with Gasteiger partial charge in [-0.3, -0.25) is 4.79 Å². The maximum absolute atomic E-state index is 12.4. The van der Waals surface area contributed by atoms with Gasteiger partial charge in [-0.25, -0.2) is 4.79 Å². The van der Waals surface area contributed by atoms with Crippen LogP contribution in [-0.2, 0) is 19.1 Å². The molecule has 0 N–H and O–H groups in total. The monoisotopic (exact) mass is 332 g/mol. The number of hydrogen-bond donors (Lipinski definition) is 0. The molecule has 0 bridgehead atoms. The van der Waals surface area contributed by atoms with Crippen LogP contribution in [0.3, 0.4) is 0 Å². The molecule has 0 aromatic rings. The average molecular weight is 332 g/mol. The van der Waals surface area contributed by atoms with Gasteiger partial charge in [0.2, 0.25) is 0 Å². The van der Waals surface area contributed by atoms with Crippen molar-refractivity contribution in [1.29, 1.82) is 0 Å². The molecule has 2 fully saturated rings. The van der Waals surface area contributed by atoms with Crippen molar-refractivity contribution in [1.82, 2.24) is 0 Å². The van der Waals surface area contributed by atoms with E-state index in [2.05, 4.69) is 13.8 Å². The molecule has 0 aromatic heterocycles. The fourth-order valence-electron chi connectivity index (χ4n) is 4.13. The van der Waals surface area contributed by atoms with Crippen molar-refractivity contribution >= 4 is 11.8 Å². The van der Waals surface area contributed by atoms with Crippen LogP contribution >= 0.6 is 0 Å². The Bertz CT molecular complexity index is 655. The van der Waals surface area contributed by atoms with E-state index < -0.39 is 5.60 Å². The first-order chi connectivity index (χ1) is 11.1. The third-order valence-corrected chi connectivity index (χ3v) is 6.55. The van der Waals surface area contributed by atoms with Gasteiger partial charge in [-0.15, -0.1) is 0 Å². The standard InChI is InChI=1S/C20H28O4/c1-11(2)15-10-19(5)12(3)17(8-7-14(19)9-16(15)21)23-18(22)20(6)13(4)24-20/h9,12-13,17H,7-8,10H2,1-6H3. The van der Waals surface area contributed by atoms with Gasteiger partial charge in [-0.05, 0) is 64.0 Å². The molecule has 0 amide bonds. The zero-order valence-corrected chi connectivity index (χ0v) is 15.6. The summed E-state index contributed by atoms with van der Waals surface area (Å²) in [4.78, 5) is 24.8. The lowest BCUT2D eigenvalue weighted by Gasteiger charge is -2.48. The minimum absolute atomic E-state index is 0.0699. The fourth-order valence-corrected chi connectivity index (χ4v) is 4.13. The maximum atomic E-state index is 12.4.